The third-order valence-electron chi connectivity index (χ3n) is 3.64. The number of rotatable bonds is 5. The van der Waals surface area contributed by atoms with Crippen LogP contribution in [0.1, 0.15) is 25.6 Å². The van der Waals surface area contributed by atoms with Gasteiger partial charge in [0.15, 0.2) is 6.61 Å². The summed E-state index contributed by atoms with van der Waals surface area (Å²) >= 11 is 6.83. The van der Waals surface area contributed by atoms with Gasteiger partial charge in [-0.15, -0.1) is 11.3 Å². The van der Waals surface area contributed by atoms with E-state index in [1.165, 1.54) is 6.07 Å². The Morgan fingerprint density at radius 3 is 2.64 bits per heavy atom. The number of carbonyl (C=O) groups is 4. The molecule has 128 valence electrons. The minimum atomic E-state index is -0.822. The van der Waals surface area contributed by atoms with Crippen molar-refractivity contribution in [1.82, 2.24) is 4.90 Å². The zero-order valence-corrected chi connectivity index (χ0v) is 14.4. The van der Waals surface area contributed by atoms with Crippen LogP contribution in [0.2, 0.25) is 4.34 Å². The molecule has 0 saturated heterocycles. The molecule has 2 heterocycles. The molecule has 0 atom stereocenters. The third kappa shape index (κ3) is 3.78. The van der Waals surface area contributed by atoms with Crippen molar-refractivity contribution in [3.8, 4) is 0 Å². The standard InChI is InChI=1S/C17H12ClNO5S/c18-14-6-5-13(25-14)12(20)9-24-16(22)8-19-15(21)7-10-3-1-2-4-11(10)17(19)23/h1-6H,7-9H2. The van der Waals surface area contributed by atoms with Crippen LogP contribution in [0.4, 0.5) is 0 Å². The van der Waals surface area contributed by atoms with Crippen molar-refractivity contribution in [2.24, 2.45) is 0 Å². The summed E-state index contributed by atoms with van der Waals surface area (Å²) in [4.78, 5) is 49.4. The molecule has 0 N–H and O–H groups in total. The molecule has 0 spiro atoms. The molecule has 1 aliphatic heterocycles. The lowest BCUT2D eigenvalue weighted by atomic mass is 9.98. The van der Waals surface area contributed by atoms with E-state index in [0.717, 1.165) is 16.2 Å². The molecule has 3 rings (SSSR count). The average molecular weight is 378 g/mol. The minimum Gasteiger partial charge on any atom is -0.456 e. The van der Waals surface area contributed by atoms with E-state index in [4.69, 9.17) is 16.3 Å². The summed E-state index contributed by atoms with van der Waals surface area (Å²) in [6, 6.07) is 9.85. The second-order valence-corrected chi connectivity index (χ2v) is 7.02. The van der Waals surface area contributed by atoms with E-state index in [1.54, 1.807) is 30.3 Å². The zero-order valence-electron chi connectivity index (χ0n) is 12.9. The summed E-state index contributed by atoms with van der Waals surface area (Å²) in [6.07, 6.45) is 0.0435. The summed E-state index contributed by atoms with van der Waals surface area (Å²) in [6.45, 7) is -0.993. The summed E-state index contributed by atoms with van der Waals surface area (Å²) in [5.41, 5.74) is 1.02. The summed E-state index contributed by atoms with van der Waals surface area (Å²) in [5.74, 6) is -2.24. The first-order valence-electron chi connectivity index (χ1n) is 7.32. The number of ether oxygens (including phenoxy) is 1. The monoisotopic (exact) mass is 377 g/mol. The van der Waals surface area contributed by atoms with E-state index in [-0.39, 0.29) is 6.42 Å². The predicted molar refractivity (Wildman–Crippen MR) is 90.8 cm³/mol. The van der Waals surface area contributed by atoms with E-state index in [9.17, 15) is 19.2 Å². The van der Waals surface area contributed by atoms with Gasteiger partial charge in [0.1, 0.15) is 6.54 Å². The Hall–Kier alpha value is -2.51. The van der Waals surface area contributed by atoms with E-state index in [2.05, 4.69) is 0 Å². The maximum absolute atomic E-state index is 12.3. The van der Waals surface area contributed by atoms with Crippen molar-refractivity contribution in [2.45, 2.75) is 6.42 Å². The number of Topliss-reactive ketones (excluding diaryl/α,β-unsaturated/α-hetero) is 1. The maximum Gasteiger partial charge on any atom is 0.326 e. The Morgan fingerprint density at radius 1 is 1.16 bits per heavy atom. The molecule has 1 aromatic heterocycles. The van der Waals surface area contributed by atoms with E-state index < -0.39 is 36.7 Å². The van der Waals surface area contributed by atoms with Gasteiger partial charge in [-0.3, -0.25) is 24.1 Å². The molecule has 0 saturated carbocycles. The summed E-state index contributed by atoms with van der Waals surface area (Å²) < 4.78 is 5.34. The number of esters is 1. The molecular weight excluding hydrogens is 366 g/mol. The number of nitrogens with zero attached hydrogens (tertiary/aromatic N) is 1. The van der Waals surface area contributed by atoms with Crippen LogP contribution in [-0.4, -0.2) is 41.6 Å². The van der Waals surface area contributed by atoms with Gasteiger partial charge in [-0.05, 0) is 23.8 Å². The molecule has 8 heteroatoms. The van der Waals surface area contributed by atoms with Crippen molar-refractivity contribution in [1.29, 1.82) is 0 Å². The van der Waals surface area contributed by atoms with Crippen molar-refractivity contribution in [3.05, 3.63) is 56.7 Å². The maximum atomic E-state index is 12.3. The van der Waals surface area contributed by atoms with Gasteiger partial charge in [0, 0.05) is 5.56 Å². The average Bonchev–Trinajstić information content (AvgIpc) is 3.03. The van der Waals surface area contributed by atoms with Crippen LogP contribution >= 0.6 is 22.9 Å². The van der Waals surface area contributed by atoms with Gasteiger partial charge in [-0.25, -0.2) is 0 Å². The number of carbonyl (C=O) groups excluding carboxylic acids is 4. The van der Waals surface area contributed by atoms with Gasteiger partial charge in [0.05, 0.1) is 15.6 Å². The molecule has 0 bridgehead atoms. The van der Waals surface area contributed by atoms with Gasteiger partial charge < -0.3 is 4.74 Å². The highest BCUT2D eigenvalue weighted by molar-refractivity contribution is 7.18. The number of ketones is 1. The van der Waals surface area contributed by atoms with Crippen LogP contribution in [0.3, 0.4) is 0 Å². The van der Waals surface area contributed by atoms with Gasteiger partial charge >= 0.3 is 5.97 Å². The molecule has 6 nitrogen and oxygen atoms in total. The van der Waals surface area contributed by atoms with E-state index in [1.807, 2.05) is 0 Å². The van der Waals surface area contributed by atoms with Crippen LogP contribution in [0.15, 0.2) is 36.4 Å². The Kier molecular flexibility index (Phi) is 4.96. The fourth-order valence-electron chi connectivity index (χ4n) is 2.42. The number of halogens is 1. The topological polar surface area (TPSA) is 80.8 Å². The predicted octanol–water partition coefficient (Wildman–Crippen LogP) is 2.35. The second kappa shape index (κ2) is 7.16. The van der Waals surface area contributed by atoms with Crippen LogP contribution in [0.25, 0.3) is 0 Å². The first-order valence-corrected chi connectivity index (χ1v) is 8.52. The number of amides is 2. The molecule has 0 aliphatic carbocycles. The van der Waals surface area contributed by atoms with Crippen LogP contribution in [-0.2, 0) is 20.7 Å². The Morgan fingerprint density at radius 2 is 1.92 bits per heavy atom. The number of hydrogen-bond acceptors (Lipinski definition) is 6. The number of benzene rings is 1. The third-order valence-corrected chi connectivity index (χ3v) is 4.91. The lowest BCUT2D eigenvalue weighted by molar-refractivity contribution is -0.146. The molecule has 2 amide bonds. The van der Waals surface area contributed by atoms with Crippen LogP contribution < -0.4 is 0 Å². The molecular formula is C17H12ClNO5S. The first kappa shape index (κ1) is 17.3. The molecule has 0 unspecified atom stereocenters. The Balaban J connectivity index is 1.60. The van der Waals surface area contributed by atoms with Crippen molar-refractivity contribution in [3.63, 3.8) is 0 Å². The molecule has 1 aromatic carbocycles. The highest BCUT2D eigenvalue weighted by Crippen LogP contribution is 2.22. The van der Waals surface area contributed by atoms with Crippen molar-refractivity contribution in [2.75, 3.05) is 13.2 Å². The van der Waals surface area contributed by atoms with Crippen molar-refractivity contribution < 1.29 is 23.9 Å². The Bertz CT molecular complexity index is 875. The molecule has 0 fully saturated rings. The fraction of sp³-hybridized carbons (Fsp3) is 0.176. The first-order chi connectivity index (χ1) is 12.0. The Labute approximate surface area is 152 Å². The van der Waals surface area contributed by atoms with Gasteiger partial charge in [0.25, 0.3) is 5.91 Å². The van der Waals surface area contributed by atoms with Crippen LogP contribution in [0, 0.1) is 0 Å². The lowest BCUT2D eigenvalue weighted by Gasteiger charge is -2.25. The molecule has 25 heavy (non-hydrogen) atoms. The smallest absolute Gasteiger partial charge is 0.326 e. The number of imide groups is 1. The van der Waals surface area contributed by atoms with Gasteiger partial charge in [0.2, 0.25) is 11.7 Å². The van der Waals surface area contributed by atoms with Gasteiger partial charge in [-0.2, -0.15) is 0 Å². The zero-order chi connectivity index (χ0) is 18.0. The molecule has 0 radical (unpaired) electrons. The van der Waals surface area contributed by atoms with Crippen LogP contribution in [0.5, 0.6) is 0 Å². The largest absolute Gasteiger partial charge is 0.456 e. The normalized spacial score (nSPS) is 13.6. The summed E-state index contributed by atoms with van der Waals surface area (Å²) in [7, 11) is 0. The highest BCUT2D eigenvalue weighted by atomic mass is 35.5. The fourth-order valence-corrected chi connectivity index (χ4v) is 3.38. The molecule has 1 aliphatic rings. The number of fused-ring (bicyclic) bond motifs is 1. The van der Waals surface area contributed by atoms with Gasteiger partial charge in [-0.1, -0.05) is 29.8 Å². The number of hydrogen-bond donors (Lipinski definition) is 0. The lowest BCUT2D eigenvalue weighted by Crippen LogP contribution is -2.45. The van der Waals surface area contributed by atoms with E-state index >= 15 is 0 Å². The SMILES string of the molecule is O=C(CN1C(=O)Cc2ccccc2C1=O)OCC(=O)c1ccc(Cl)s1. The molecule has 2 aromatic rings. The van der Waals surface area contributed by atoms with Crippen molar-refractivity contribution >= 4 is 46.5 Å². The minimum absolute atomic E-state index is 0.0435. The quantitative estimate of drug-likeness (QED) is 0.454. The van der Waals surface area contributed by atoms with E-state index in [0.29, 0.717) is 20.3 Å². The second-order valence-electron chi connectivity index (χ2n) is 5.31. The summed E-state index contributed by atoms with van der Waals surface area (Å²) in [5, 5.41) is 0. The number of thiophene rings is 1. The highest BCUT2D eigenvalue weighted by Gasteiger charge is 2.32.